The predicted octanol–water partition coefficient (Wildman–Crippen LogP) is 4.97. The van der Waals surface area contributed by atoms with Gasteiger partial charge in [-0.05, 0) is 43.0 Å². The minimum absolute atomic E-state index is 0.0664. The molecule has 6 heteroatoms. The van der Waals surface area contributed by atoms with E-state index < -0.39 is 5.72 Å². The summed E-state index contributed by atoms with van der Waals surface area (Å²) in [7, 11) is 2.02. The monoisotopic (exact) mass is 373 g/mol. The van der Waals surface area contributed by atoms with E-state index in [1.165, 1.54) is 11.6 Å². The van der Waals surface area contributed by atoms with Crippen LogP contribution < -0.4 is 9.64 Å². The number of hydrogen-bond donors (Lipinski definition) is 0. The average molecular weight is 373 g/mol. The lowest BCUT2D eigenvalue weighted by molar-refractivity contribution is -0.384. The molecule has 3 aromatic carbocycles. The summed E-state index contributed by atoms with van der Waals surface area (Å²) >= 11 is 0. The van der Waals surface area contributed by atoms with Crippen LogP contribution in [0.2, 0.25) is 0 Å². The van der Waals surface area contributed by atoms with Crippen LogP contribution in [0.25, 0.3) is 10.8 Å². The van der Waals surface area contributed by atoms with Crippen LogP contribution in [0.4, 0.5) is 17.1 Å². The number of nitro benzene ring substituents is 1. The van der Waals surface area contributed by atoms with Gasteiger partial charge < -0.3 is 9.64 Å². The Morgan fingerprint density at radius 1 is 1.11 bits per heavy atom. The van der Waals surface area contributed by atoms with Gasteiger partial charge in [0.05, 0.1) is 16.6 Å². The number of benzene rings is 3. The number of likely N-dealkylation sites (N-methyl/N-ethyl adjacent to an activating group) is 1. The van der Waals surface area contributed by atoms with Crippen LogP contribution in [0.3, 0.4) is 0 Å². The highest BCUT2D eigenvalue weighted by Gasteiger charge is 2.58. The van der Waals surface area contributed by atoms with Crippen LogP contribution in [0.1, 0.15) is 19.4 Å². The normalized spacial score (nSPS) is 21.5. The summed E-state index contributed by atoms with van der Waals surface area (Å²) in [5, 5.41) is 12.7. The molecule has 140 valence electrons. The lowest BCUT2D eigenvalue weighted by atomic mass is 9.77. The van der Waals surface area contributed by atoms with E-state index in [9.17, 15) is 10.1 Å². The lowest BCUT2D eigenvalue weighted by Crippen LogP contribution is -2.61. The van der Waals surface area contributed by atoms with Crippen LogP contribution >= 0.6 is 0 Å². The number of hydrogen-bond acceptors (Lipinski definition) is 5. The van der Waals surface area contributed by atoms with Crippen molar-refractivity contribution in [2.45, 2.75) is 25.0 Å². The summed E-state index contributed by atoms with van der Waals surface area (Å²) in [5.74, 6) is 0.677. The molecule has 0 bridgehead atoms. The molecule has 1 unspecified atom stereocenters. The average Bonchev–Trinajstić information content (AvgIpc) is 2.86. The SMILES string of the molecule is CN1c2ccccc2C(C)(C)C12C=Nc1c(ccc3cc([N+](=O)[O-])ccc13)O2. The standard InChI is InChI=1S/C22H19N3O3/c1-21(2)17-6-4-5-7-18(17)24(3)22(21)13-23-20-16-10-9-15(25(26)27)12-14(16)8-11-19(20)28-22/h4-13H,1-3H3. The highest BCUT2D eigenvalue weighted by molar-refractivity contribution is 6.00. The van der Waals surface area contributed by atoms with Gasteiger partial charge in [-0.25, -0.2) is 0 Å². The molecule has 0 fully saturated rings. The van der Waals surface area contributed by atoms with Gasteiger partial charge in [0.2, 0.25) is 5.72 Å². The molecule has 0 saturated carbocycles. The topological polar surface area (TPSA) is 68.0 Å². The van der Waals surface area contributed by atoms with Gasteiger partial charge in [0.1, 0.15) is 11.4 Å². The number of anilines is 1. The maximum Gasteiger partial charge on any atom is 0.270 e. The maximum atomic E-state index is 11.1. The van der Waals surface area contributed by atoms with Crippen LogP contribution in [0.5, 0.6) is 5.75 Å². The fourth-order valence-corrected chi connectivity index (χ4v) is 4.49. The summed E-state index contributed by atoms with van der Waals surface area (Å²) in [4.78, 5) is 17.6. The van der Waals surface area contributed by atoms with Gasteiger partial charge in [-0.2, -0.15) is 0 Å². The second kappa shape index (κ2) is 5.32. The molecule has 0 N–H and O–H groups in total. The van der Waals surface area contributed by atoms with Crippen molar-refractivity contribution in [3.63, 3.8) is 0 Å². The van der Waals surface area contributed by atoms with Gasteiger partial charge >= 0.3 is 0 Å². The quantitative estimate of drug-likeness (QED) is 0.446. The Balaban J connectivity index is 1.67. The van der Waals surface area contributed by atoms with E-state index in [0.29, 0.717) is 11.4 Å². The van der Waals surface area contributed by atoms with Gasteiger partial charge in [-0.1, -0.05) is 24.3 Å². The number of nitrogens with zero attached hydrogens (tertiary/aromatic N) is 3. The second-order valence-corrected chi connectivity index (χ2v) is 7.83. The number of nitro groups is 1. The molecule has 2 aliphatic heterocycles. The number of non-ortho nitro benzene ring substituents is 1. The van der Waals surface area contributed by atoms with Crippen molar-refractivity contribution in [3.8, 4) is 5.75 Å². The zero-order chi connectivity index (χ0) is 19.7. The smallest absolute Gasteiger partial charge is 0.270 e. The molecule has 0 radical (unpaired) electrons. The molecule has 3 aromatic rings. The van der Waals surface area contributed by atoms with Crippen LogP contribution in [-0.2, 0) is 5.41 Å². The zero-order valence-corrected chi connectivity index (χ0v) is 15.8. The molecule has 6 nitrogen and oxygen atoms in total. The number of rotatable bonds is 1. The Kier molecular flexibility index (Phi) is 3.18. The Morgan fingerprint density at radius 3 is 2.64 bits per heavy atom. The minimum Gasteiger partial charge on any atom is -0.459 e. The van der Waals surface area contributed by atoms with E-state index in [-0.39, 0.29) is 16.0 Å². The molecule has 1 atom stereocenters. The third-order valence-electron chi connectivity index (χ3n) is 6.12. The summed E-state index contributed by atoms with van der Waals surface area (Å²) < 4.78 is 6.62. The van der Waals surface area contributed by atoms with Crippen molar-refractivity contribution in [2.75, 3.05) is 11.9 Å². The minimum atomic E-state index is -0.738. The van der Waals surface area contributed by atoms with E-state index in [1.807, 2.05) is 37.5 Å². The molecule has 1 spiro atoms. The summed E-state index contributed by atoms with van der Waals surface area (Å²) in [5.41, 5.74) is 2.06. The molecule has 28 heavy (non-hydrogen) atoms. The first-order valence-electron chi connectivity index (χ1n) is 9.14. The number of ether oxygens (including phenoxy) is 1. The van der Waals surface area contributed by atoms with Gasteiger partial charge in [-0.3, -0.25) is 15.1 Å². The van der Waals surface area contributed by atoms with E-state index in [0.717, 1.165) is 16.5 Å². The molecule has 0 saturated heterocycles. The molecule has 0 amide bonds. The van der Waals surface area contributed by atoms with Crippen LogP contribution in [-0.4, -0.2) is 23.9 Å². The van der Waals surface area contributed by atoms with Crippen molar-refractivity contribution in [3.05, 3.63) is 70.3 Å². The fraction of sp³-hybridized carbons (Fsp3) is 0.227. The number of aliphatic imine (C=N–C) groups is 1. The summed E-state index contributed by atoms with van der Waals surface area (Å²) in [6.45, 7) is 4.33. The van der Waals surface area contributed by atoms with E-state index in [2.05, 4.69) is 30.9 Å². The molecule has 0 aliphatic carbocycles. The van der Waals surface area contributed by atoms with Crippen molar-refractivity contribution in [1.29, 1.82) is 0 Å². The first kappa shape index (κ1) is 16.7. The van der Waals surface area contributed by atoms with E-state index in [1.54, 1.807) is 12.1 Å². The largest absolute Gasteiger partial charge is 0.459 e. The van der Waals surface area contributed by atoms with E-state index in [4.69, 9.17) is 9.73 Å². The number of para-hydroxylation sites is 1. The van der Waals surface area contributed by atoms with Crippen molar-refractivity contribution < 1.29 is 9.66 Å². The van der Waals surface area contributed by atoms with Gasteiger partial charge in [-0.15, -0.1) is 0 Å². The van der Waals surface area contributed by atoms with Gasteiger partial charge in [0, 0.05) is 30.3 Å². The van der Waals surface area contributed by atoms with E-state index >= 15 is 0 Å². The fourth-order valence-electron chi connectivity index (χ4n) is 4.49. The molecule has 2 aliphatic rings. The Labute approximate surface area is 162 Å². The Bertz CT molecular complexity index is 1180. The third-order valence-corrected chi connectivity index (χ3v) is 6.12. The highest BCUT2D eigenvalue weighted by Crippen LogP contribution is 2.54. The highest BCUT2D eigenvalue weighted by atomic mass is 16.6. The van der Waals surface area contributed by atoms with Gasteiger partial charge in [0.15, 0.2) is 0 Å². The van der Waals surface area contributed by atoms with Crippen LogP contribution in [0, 0.1) is 10.1 Å². The number of fused-ring (bicyclic) bond motifs is 4. The van der Waals surface area contributed by atoms with Crippen molar-refractivity contribution in [2.24, 2.45) is 4.99 Å². The Morgan fingerprint density at radius 2 is 1.89 bits per heavy atom. The summed E-state index contributed by atoms with van der Waals surface area (Å²) in [6.07, 6.45) is 1.87. The van der Waals surface area contributed by atoms with Crippen LogP contribution in [0.15, 0.2) is 59.6 Å². The predicted molar refractivity (Wildman–Crippen MR) is 110 cm³/mol. The molecule has 5 rings (SSSR count). The van der Waals surface area contributed by atoms with Gasteiger partial charge in [0.25, 0.3) is 5.69 Å². The zero-order valence-electron chi connectivity index (χ0n) is 15.8. The molecule has 0 aromatic heterocycles. The van der Waals surface area contributed by atoms with Crippen molar-refractivity contribution >= 4 is 34.0 Å². The third kappa shape index (κ3) is 1.94. The Hall–Kier alpha value is -3.41. The first-order valence-corrected chi connectivity index (χ1v) is 9.14. The maximum absolute atomic E-state index is 11.1. The first-order chi connectivity index (χ1) is 13.3. The second-order valence-electron chi connectivity index (χ2n) is 7.83. The summed E-state index contributed by atoms with van der Waals surface area (Å²) in [6, 6.07) is 16.8. The molecule has 2 heterocycles. The lowest BCUT2D eigenvalue weighted by Gasteiger charge is -2.45. The molecular formula is C22H19N3O3. The van der Waals surface area contributed by atoms with Crippen molar-refractivity contribution in [1.82, 2.24) is 0 Å². The molecular weight excluding hydrogens is 354 g/mol.